The molecule has 1 aliphatic rings. The molecule has 2 nitrogen and oxygen atoms in total. The third-order valence-electron chi connectivity index (χ3n) is 1.74. The van der Waals surface area contributed by atoms with Crippen LogP contribution in [0.1, 0.15) is 6.92 Å². The van der Waals surface area contributed by atoms with Gasteiger partial charge in [0.25, 0.3) is 0 Å². The highest BCUT2D eigenvalue weighted by Gasteiger charge is 2.23. The minimum Gasteiger partial charge on any atom is -0.491 e. The Kier molecular flexibility index (Phi) is 4.20. The van der Waals surface area contributed by atoms with E-state index in [1.54, 1.807) is 6.08 Å². The fourth-order valence-electron chi connectivity index (χ4n) is 0.882. The van der Waals surface area contributed by atoms with Crippen LogP contribution in [-0.2, 0) is 9.47 Å². The summed E-state index contributed by atoms with van der Waals surface area (Å²) in [4.78, 5) is 0. The molecule has 0 amide bonds. The maximum Gasteiger partial charge on any atom is 0.121 e. The molecule has 0 saturated carbocycles. The molecule has 2 heteroatoms. The van der Waals surface area contributed by atoms with Crippen LogP contribution in [0.3, 0.4) is 0 Å². The predicted molar refractivity (Wildman–Crippen MR) is 57.9 cm³/mol. The summed E-state index contributed by atoms with van der Waals surface area (Å²) in [6.45, 7) is 10.8. The highest BCUT2D eigenvalue weighted by molar-refractivity contribution is 5.25. The first-order chi connectivity index (χ1) is 6.74. The number of hydrogen-bond acceptors (Lipinski definition) is 2. The van der Waals surface area contributed by atoms with Gasteiger partial charge in [-0.1, -0.05) is 31.4 Å². The molecule has 0 aromatic carbocycles. The third kappa shape index (κ3) is 4.10. The zero-order valence-corrected chi connectivity index (χ0v) is 8.53. The molecular weight excluding hydrogens is 176 g/mol. The zero-order valence-electron chi connectivity index (χ0n) is 8.53. The number of epoxide rings is 1. The minimum atomic E-state index is 0.279. The average molecular weight is 192 g/mol. The average Bonchev–Trinajstić information content (AvgIpc) is 2.94. The van der Waals surface area contributed by atoms with E-state index in [2.05, 4.69) is 13.2 Å². The largest absolute Gasteiger partial charge is 0.491 e. The van der Waals surface area contributed by atoms with Crippen LogP contribution < -0.4 is 0 Å². The van der Waals surface area contributed by atoms with Gasteiger partial charge in [0.2, 0.25) is 0 Å². The van der Waals surface area contributed by atoms with Crippen LogP contribution in [0.5, 0.6) is 0 Å². The van der Waals surface area contributed by atoms with E-state index in [4.69, 9.17) is 9.47 Å². The van der Waals surface area contributed by atoms with Gasteiger partial charge in [0.1, 0.15) is 18.5 Å². The fraction of sp³-hybridized carbons (Fsp3) is 0.333. The van der Waals surface area contributed by atoms with Gasteiger partial charge in [-0.05, 0) is 18.6 Å². The molecule has 0 bridgehead atoms. The summed E-state index contributed by atoms with van der Waals surface area (Å²) in [5.74, 6) is 0.804. The maximum atomic E-state index is 5.53. The van der Waals surface area contributed by atoms with Crippen molar-refractivity contribution in [3.8, 4) is 0 Å². The topological polar surface area (TPSA) is 21.8 Å². The van der Waals surface area contributed by atoms with Gasteiger partial charge in [-0.2, -0.15) is 0 Å². The lowest BCUT2D eigenvalue weighted by atomic mass is 10.2. The molecule has 1 unspecified atom stereocenters. The second-order valence-corrected chi connectivity index (χ2v) is 3.20. The standard InChI is InChI=1S/C12H16O2/c1-4-5-6-7-12(10(2)3)14-9-11-8-13-11/h4-7,11H,1-2,8-9H2,3H3/b6-5-,12-7+. The number of ether oxygens (including phenoxy) is 2. The van der Waals surface area contributed by atoms with E-state index in [1.165, 1.54) is 0 Å². The van der Waals surface area contributed by atoms with Crippen molar-refractivity contribution in [2.45, 2.75) is 13.0 Å². The normalized spacial score (nSPS) is 20.9. The van der Waals surface area contributed by atoms with Gasteiger partial charge >= 0.3 is 0 Å². The van der Waals surface area contributed by atoms with Gasteiger partial charge in [-0.3, -0.25) is 0 Å². The molecule has 76 valence electrons. The first-order valence-corrected chi connectivity index (χ1v) is 4.63. The van der Waals surface area contributed by atoms with Crippen molar-refractivity contribution in [2.75, 3.05) is 13.2 Å². The number of allylic oxidation sites excluding steroid dienone is 5. The van der Waals surface area contributed by atoms with Crippen molar-refractivity contribution >= 4 is 0 Å². The van der Waals surface area contributed by atoms with E-state index < -0.39 is 0 Å². The van der Waals surface area contributed by atoms with E-state index in [9.17, 15) is 0 Å². The van der Waals surface area contributed by atoms with Crippen LogP contribution in [0.25, 0.3) is 0 Å². The summed E-state index contributed by atoms with van der Waals surface area (Å²) < 4.78 is 10.6. The molecule has 0 radical (unpaired) electrons. The van der Waals surface area contributed by atoms with E-state index in [0.717, 1.165) is 17.9 Å². The maximum absolute atomic E-state index is 5.53. The molecule has 1 atom stereocenters. The molecule has 0 aliphatic carbocycles. The van der Waals surface area contributed by atoms with E-state index in [0.29, 0.717) is 6.61 Å². The van der Waals surface area contributed by atoms with Gasteiger partial charge < -0.3 is 9.47 Å². The Hall–Kier alpha value is -1.28. The van der Waals surface area contributed by atoms with Gasteiger partial charge in [0.05, 0.1) is 6.61 Å². The Morgan fingerprint density at radius 1 is 1.57 bits per heavy atom. The Balaban J connectivity index is 2.43. The van der Waals surface area contributed by atoms with Crippen LogP contribution >= 0.6 is 0 Å². The summed E-state index contributed by atoms with van der Waals surface area (Å²) >= 11 is 0. The lowest BCUT2D eigenvalue weighted by Gasteiger charge is -2.07. The molecule has 0 N–H and O–H groups in total. The van der Waals surface area contributed by atoms with E-state index in [-0.39, 0.29) is 6.10 Å². The lowest BCUT2D eigenvalue weighted by molar-refractivity contribution is 0.189. The Morgan fingerprint density at radius 2 is 2.29 bits per heavy atom. The van der Waals surface area contributed by atoms with Gasteiger partial charge in [-0.25, -0.2) is 0 Å². The molecule has 1 saturated heterocycles. The summed E-state index contributed by atoms with van der Waals surface area (Å²) in [5.41, 5.74) is 0.916. The summed E-state index contributed by atoms with van der Waals surface area (Å²) in [5, 5.41) is 0. The highest BCUT2D eigenvalue weighted by Crippen LogP contribution is 2.14. The van der Waals surface area contributed by atoms with E-state index in [1.807, 2.05) is 25.2 Å². The van der Waals surface area contributed by atoms with Gasteiger partial charge in [0.15, 0.2) is 0 Å². The van der Waals surface area contributed by atoms with Crippen molar-refractivity contribution in [3.05, 3.63) is 48.8 Å². The molecule has 14 heavy (non-hydrogen) atoms. The molecule has 0 aromatic rings. The summed E-state index contributed by atoms with van der Waals surface area (Å²) in [7, 11) is 0. The van der Waals surface area contributed by atoms with Crippen LogP contribution in [-0.4, -0.2) is 19.3 Å². The molecule has 1 rings (SSSR count). The van der Waals surface area contributed by atoms with Crippen molar-refractivity contribution in [2.24, 2.45) is 0 Å². The van der Waals surface area contributed by atoms with Crippen molar-refractivity contribution in [1.29, 1.82) is 0 Å². The van der Waals surface area contributed by atoms with Crippen LogP contribution in [0, 0.1) is 0 Å². The molecule has 1 heterocycles. The Bertz CT molecular complexity index is 270. The molecule has 1 fully saturated rings. The smallest absolute Gasteiger partial charge is 0.121 e. The number of hydrogen-bond donors (Lipinski definition) is 0. The van der Waals surface area contributed by atoms with Crippen LogP contribution in [0.15, 0.2) is 48.8 Å². The first-order valence-electron chi connectivity index (χ1n) is 4.63. The molecule has 1 aliphatic heterocycles. The second-order valence-electron chi connectivity index (χ2n) is 3.20. The van der Waals surface area contributed by atoms with Crippen molar-refractivity contribution in [3.63, 3.8) is 0 Å². The second kappa shape index (κ2) is 5.45. The summed E-state index contributed by atoms with van der Waals surface area (Å²) in [6.07, 6.45) is 7.61. The lowest BCUT2D eigenvalue weighted by Crippen LogP contribution is -2.01. The van der Waals surface area contributed by atoms with Gasteiger partial charge in [0, 0.05) is 0 Å². The Morgan fingerprint density at radius 3 is 2.79 bits per heavy atom. The first kappa shape index (κ1) is 10.8. The zero-order chi connectivity index (χ0) is 10.4. The van der Waals surface area contributed by atoms with Crippen LogP contribution in [0.2, 0.25) is 0 Å². The monoisotopic (exact) mass is 192 g/mol. The van der Waals surface area contributed by atoms with Gasteiger partial charge in [-0.15, -0.1) is 0 Å². The van der Waals surface area contributed by atoms with E-state index >= 15 is 0 Å². The molecule has 0 aromatic heterocycles. The summed E-state index contributed by atoms with van der Waals surface area (Å²) in [6, 6.07) is 0. The van der Waals surface area contributed by atoms with Crippen molar-refractivity contribution in [1.82, 2.24) is 0 Å². The third-order valence-corrected chi connectivity index (χ3v) is 1.74. The highest BCUT2D eigenvalue weighted by atomic mass is 16.6. The minimum absolute atomic E-state index is 0.279. The number of rotatable bonds is 6. The van der Waals surface area contributed by atoms with Crippen molar-refractivity contribution < 1.29 is 9.47 Å². The van der Waals surface area contributed by atoms with Crippen LogP contribution in [0.4, 0.5) is 0 Å². The predicted octanol–water partition coefficient (Wildman–Crippen LogP) is 2.60. The molecular formula is C12H16O2. The molecule has 0 spiro atoms. The quantitative estimate of drug-likeness (QED) is 0.366. The fourth-order valence-corrected chi connectivity index (χ4v) is 0.882. The Labute approximate surface area is 85.2 Å². The SMILES string of the molecule is C=C/C=C\C=C(\OCC1CO1)C(=C)C.